The van der Waals surface area contributed by atoms with E-state index in [1.165, 1.54) is 0 Å². The third-order valence-corrected chi connectivity index (χ3v) is 5.87. The Labute approximate surface area is 135 Å². The maximum atomic E-state index is 14.0. The van der Waals surface area contributed by atoms with Gasteiger partial charge in [-0.3, -0.25) is 0 Å². The molecule has 2 atom stereocenters. The molecule has 0 radical (unpaired) electrons. The first-order valence-corrected chi connectivity index (χ1v) is 8.56. The van der Waals surface area contributed by atoms with E-state index in [1.54, 1.807) is 0 Å². The Kier molecular flexibility index (Phi) is 5.50. The van der Waals surface area contributed by atoms with Crippen LogP contribution in [0.1, 0.15) is 57.4 Å². The van der Waals surface area contributed by atoms with Crippen LogP contribution in [0.3, 0.4) is 0 Å². The number of benzene rings is 1. The van der Waals surface area contributed by atoms with Gasteiger partial charge in [-0.25, -0.2) is 22.0 Å². The van der Waals surface area contributed by atoms with Gasteiger partial charge in [0.05, 0.1) is 0 Å². The Morgan fingerprint density at radius 2 is 1.48 bits per heavy atom. The van der Waals surface area contributed by atoms with E-state index in [0.717, 1.165) is 6.42 Å². The highest BCUT2D eigenvalue weighted by molar-refractivity contribution is 5.98. The molecule has 130 valence electrons. The minimum Gasteiger partial charge on any atom is -0.423 e. The quantitative estimate of drug-likeness (QED) is 0.343. The third-order valence-electron chi connectivity index (χ3n) is 4.77. The van der Waals surface area contributed by atoms with Gasteiger partial charge in [-0.05, 0) is 44.9 Å². The number of hydrogen-bond acceptors (Lipinski definition) is 1. The summed E-state index contributed by atoms with van der Waals surface area (Å²) in [7, 11) is 0.581. The lowest BCUT2D eigenvalue weighted by Crippen LogP contribution is -2.29. The molecule has 0 spiro atoms. The molecule has 1 fully saturated rings. The number of rotatable bonds is 4. The predicted molar refractivity (Wildman–Crippen MR) is 80.7 cm³/mol. The lowest BCUT2D eigenvalue weighted by atomic mass is 9.74. The Morgan fingerprint density at radius 3 is 2.00 bits per heavy atom. The molecule has 7 heteroatoms. The average Bonchev–Trinajstić information content (AvgIpc) is 2.51. The van der Waals surface area contributed by atoms with Gasteiger partial charge in [-0.15, -0.1) is 0 Å². The van der Waals surface area contributed by atoms with Crippen LogP contribution in [-0.2, 0) is 4.43 Å². The summed E-state index contributed by atoms with van der Waals surface area (Å²) < 4.78 is 73.4. The van der Waals surface area contributed by atoms with Crippen LogP contribution >= 0.6 is 0 Å². The van der Waals surface area contributed by atoms with Crippen molar-refractivity contribution in [3.05, 3.63) is 34.6 Å². The van der Waals surface area contributed by atoms with Crippen molar-refractivity contribution in [2.75, 3.05) is 0 Å². The molecule has 1 saturated carbocycles. The van der Waals surface area contributed by atoms with Gasteiger partial charge < -0.3 is 4.43 Å². The van der Waals surface area contributed by atoms with Gasteiger partial charge in [0.2, 0.25) is 5.82 Å². The van der Waals surface area contributed by atoms with Crippen molar-refractivity contribution in [3.8, 4) is 0 Å². The van der Waals surface area contributed by atoms with Crippen molar-refractivity contribution >= 4 is 10.5 Å². The van der Waals surface area contributed by atoms with E-state index in [0.29, 0.717) is 36.2 Å². The summed E-state index contributed by atoms with van der Waals surface area (Å²) in [6.45, 7) is 3.89. The summed E-state index contributed by atoms with van der Waals surface area (Å²) in [5, 5.41) is 0. The summed E-state index contributed by atoms with van der Waals surface area (Å²) in [5.74, 6) is -9.69. The predicted octanol–water partition coefficient (Wildman–Crippen LogP) is 4.12. The minimum atomic E-state index is -2.10. The SMILES string of the molecule is CC(C)(CC1CCCC(c2c(F)c(F)c(F)c(F)c2F)C1)O[SiH3]. The molecule has 0 heterocycles. The van der Waals surface area contributed by atoms with Crippen molar-refractivity contribution in [1.29, 1.82) is 0 Å². The molecule has 2 unspecified atom stereocenters. The van der Waals surface area contributed by atoms with E-state index in [2.05, 4.69) is 0 Å². The fourth-order valence-electron chi connectivity index (χ4n) is 3.50. The van der Waals surface area contributed by atoms with Gasteiger partial charge >= 0.3 is 0 Å². The molecule has 1 aromatic rings. The van der Waals surface area contributed by atoms with E-state index in [9.17, 15) is 22.0 Å². The first-order chi connectivity index (χ1) is 10.7. The second kappa shape index (κ2) is 6.89. The lowest BCUT2D eigenvalue weighted by molar-refractivity contribution is 0.0785. The second-order valence-electron chi connectivity index (χ2n) is 6.88. The molecule has 0 saturated heterocycles. The third kappa shape index (κ3) is 3.76. The molecule has 0 bridgehead atoms. The zero-order valence-electron chi connectivity index (χ0n) is 13.5. The summed E-state index contributed by atoms with van der Waals surface area (Å²) in [4.78, 5) is 0. The first-order valence-electron chi connectivity index (χ1n) is 7.74. The Bertz CT molecular complexity index is 561. The zero-order chi connectivity index (χ0) is 17.4. The highest BCUT2D eigenvalue weighted by atomic mass is 28.2. The summed E-state index contributed by atoms with van der Waals surface area (Å²) in [5.41, 5.74) is -0.981. The molecule has 1 aliphatic carbocycles. The Hall–Kier alpha value is -0.953. The van der Waals surface area contributed by atoms with Crippen LogP contribution in [0.5, 0.6) is 0 Å². The summed E-state index contributed by atoms with van der Waals surface area (Å²) in [6, 6.07) is 0. The van der Waals surface area contributed by atoms with Crippen LogP contribution in [0.4, 0.5) is 22.0 Å². The van der Waals surface area contributed by atoms with E-state index in [-0.39, 0.29) is 11.5 Å². The average molecular weight is 352 g/mol. The van der Waals surface area contributed by atoms with E-state index < -0.39 is 40.6 Å². The van der Waals surface area contributed by atoms with Crippen molar-refractivity contribution in [2.24, 2.45) is 5.92 Å². The molecular formula is C16H21F5OSi. The minimum absolute atomic E-state index is 0.146. The van der Waals surface area contributed by atoms with Gasteiger partial charge in [0, 0.05) is 11.2 Å². The molecule has 0 amide bonds. The second-order valence-corrected chi connectivity index (χ2v) is 7.29. The first kappa shape index (κ1) is 18.4. The van der Waals surface area contributed by atoms with Gasteiger partial charge in [-0.1, -0.05) is 12.8 Å². The highest BCUT2D eigenvalue weighted by Gasteiger charge is 2.34. The lowest BCUT2D eigenvalue weighted by Gasteiger charge is -2.35. The monoisotopic (exact) mass is 352 g/mol. The van der Waals surface area contributed by atoms with Crippen LogP contribution in [0.15, 0.2) is 0 Å². The topological polar surface area (TPSA) is 9.23 Å². The smallest absolute Gasteiger partial charge is 0.200 e. The Balaban J connectivity index is 2.29. The van der Waals surface area contributed by atoms with Gasteiger partial charge in [-0.2, -0.15) is 0 Å². The van der Waals surface area contributed by atoms with Crippen LogP contribution < -0.4 is 0 Å². The maximum absolute atomic E-state index is 14.0. The van der Waals surface area contributed by atoms with Crippen molar-refractivity contribution < 1.29 is 26.4 Å². The normalized spacial score (nSPS) is 22.6. The summed E-state index contributed by atoms with van der Waals surface area (Å²) in [6.07, 6.45) is 3.12. The number of halogens is 5. The van der Waals surface area contributed by atoms with E-state index >= 15 is 0 Å². The highest BCUT2D eigenvalue weighted by Crippen LogP contribution is 2.42. The van der Waals surface area contributed by atoms with Crippen molar-refractivity contribution in [2.45, 2.75) is 57.5 Å². The molecule has 2 rings (SSSR count). The molecule has 0 N–H and O–H groups in total. The van der Waals surface area contributed by atoms with Gasteiger partial charge in [0.15, 0.2) is 23.3 Å². The molecular weight excluding hydrogens is 331 g/mol. The molecule has 0 aromatic heterocycles. The van der Waals surface area contributed by atoms with E-state index in [1.807, 2.05) is 13.8 Å². The number of hydrogen-bond donors (Lipinski definition) is 0. The zero-order valence-corrected chi connectivity index (χ0v) is 15.5. The van der Waals surface area contributed by atoms with Crippen LogP contribution in [0.25, 0.3) is 0 Å². The van der Waals surface area contributed by atoms with E-state index in [4.69, 9.17) is 4.43 Å². The molecule has 1 aliphatic rings. The van der Waals surface area contributed by atoms with Gasteiger partial charge in [0.25, 0.3) is 0 Å². The molecule has 1 aromatic carbocycles. The standard InChI is InChI=1S/C16H21F5OSi/c1-16(2,22-23)7-8-4-3-5-9(6-8)10-11(17)13(19)15(21)14(20)12(10)18/h8-9H,3-7H2,1-2,23H3. The molecule has 23 heavy (non-hydrogen) atoms. The molecule has 1 nitrogen and oxygen atoms in total. The maximum Gasteiger partial charge on any atom is 0.200 e. The van der Waals surface area contributed by atoms with Gasteiger partial charge in [0.1, 0.15) is 10.5 Å². The molecule has 0 aliphatic heterocycles. The van der Waals surface area contributed by atoms with Crippen LogP contribution in [0.2, 0.25) is 0 Å². The summed E-state index contributed by atoms with van der Waals surface area (Å²) >= 11 is 0. The largest absolute Gasteiger partial charge is 0.423 e. The van der Waals surface area contributed by atoms with Crippen molar-refractivity contribution in [3.63, 3.8) is 0 Å². The fourth-order valence-corrected chi connectivity index (χ4v) is 3.66. The Morgan fingerprint density at radius 1 is 0.957 bits per heavy atom. The van der Waals surface area contributed by atoms with Crippen LogP contribution in [-0.4, -0.2) is 16.1 Å². The fraction of sp³-hybridized carbons (Fsp3) is 0.625. The van der Waals surface area contributed by atoms with Crippen LogP contribution in [0, 0.1) is 35.0 Å². The van der Waals surface area contributed by atoms with Crippen molar-refractivity contribution in [1.82, 2.24) is 0 Å².